The van der Waals surface area contributed by atoms with Crippen molar-refractivity contribution in [1.82, 2.24) is 10.2 Å². The normalized spacial score (nSPS) is 14.6. The number of para-hydroxylation sites is 1. The van der Waals surface area contributed by atoms with Crippen LogP contribution in [0.2, 0.25) is 0 Å². The van der Waals surface area contributed by atoms with Crippen molar-refractivity contribution in [3.63, 3.8) is 0 Å². The summed E-state index contributed by atoms with van der Waals surface area (Å²) in [7, 11) is 1.60. The van der Waals surface area contributed by atoms with Gasteiger partial charge >= 0.3 is 0 Å². The molecule has 0 aromatic heterocycles. The molecule has 114 valence electrons. The third-order valence-corrected chi connectivity index (χ3v) is 3.69. The third kappa shape index (κ3) is 4.48. The monoisotopic (exact) mass is 290 g/mol. The van der Waals surface area contributed by atoms with Crippen molar-refractivity contribution in [3.05, 3.63) is 29.8 Å². The second kappa shape index (κ2) is 7.67. The van der Waals surface area contributed by atoms with Gasteiger partial charge in [0.15, 0.2) is 0 Å². The summed E-state index contributed by atoms with van der Waals surface area (Å²) in [5.41, 5.74) is 0.902. The van der Waals surface area contributed by atoms with Crippen LogP contribution in [0.3, 0.4) is 0 Å². The largest absolute Gasteiger partial charge is 0.496 e. The molecule has 1 heterocycles. The molecule has 0 radical (unpaired) electrons. The summed E-state index contributed by atoms with van der Waals surface area (Å²) in [6.45, 7) is 1.92. The number of carbonyl (C=O) groups is 2. The summed E-state index contributed by atoms with van der Waals surface area (Å²) in [4.78, 5) is 25.6. The van der Waals surface area contributed by atoms with Gasteiger partial charge < -0.3 is 15.0 Å². The molecule has 1 N–H and O–H groups in total. The van der Waals surface area contributed by atoms with Crippen molar-refractivity contribution in [1.29, 1.82) is 0 Å². The van der Waals surface area contributed by atoms with Gasteiger partial charge in [0.25, 0.3) is 0 Å². The van der Waals surface area contributed by atoms with Crippen LogP contribution in [0.15, 0.2) is 24.3 Å². The molecular weight excluding hydrogens is 268 g/mol. The van der Waals surface area contributed by atoms with Crippen molar-refractivity contribution in [2.24, 2.45) is 0 Å². The van der Waals surface area contributed by atoms with Crippen molar-refractivity contribution >= 4 is 11.8 Å². The van der Waals surface area contributed by atoms with Gasteiger partial charge in [-0.3, -0.25) is 9.59 Å². The molecule has 5 heteroatoms. The lowest BCUT2D eigenvalue weighted by Gasteiger charge is -2.26. The fourth-order valence-electron chi connectivity index (χ4n) is 2.50. The number of amides is 2. The first kappa shape index (κ1) is 15.4. The number of methoxy groups -OCH3 is 1. The molecule has 0 atom stereocenters. The zero-order chi connectivity index (χ0) is 15.1. The molecule has 5 nitrogen and oxygen atoms in total. The van der Waals surface area contributed by atoms with E-state index in [1.807, 2.05) is 24.3 Å². The second-order valence-corrected chi connectivity index (χ2v) is 5.21. The topological polar surface area (TPSA) is 58.6 Å². The Morgan fingerprint density at radius 3 is 2.62 bits per heavy atom. The predicted octanol–water partition coefficient (Wildman–Crippen LogP) is 1.71. The Morgan fingerprint density at radius 2 is 1.90 bits per heavy atom. The molecule has 21 heavy (non-hydrogen) atoms. The molecular formula is C16H22N2O3. The SMILES string of the molecule is COc1ccccc1CNC(=O)CC(=O)N1CCCCC1. The van der Waals surface area contributed by atoms with Crippen molar-refractivity contribution < 1.29 is 14.3 Å². The van der Waals surface area contributed by atoms with E-state index in [2.05, 4.69) is 5.32 Å². The van der Waals surface area contributed by atoms with E-state index in [4.69, 9.17) is 4.74 Å². The molecule has 1 aliphatic rings. The van der Waals surface area contributed by atoms with Crippen molar-refractivity contribution in [2.75, 3.05) is 20.2 Å². The summed E-state index contributed by atoms with van der Waals surface area (Å²) in [6.07, 6.45) is 3.17. The highest BCUT2D eigenvalue weighted by Gasteiger charge is 2.19. The Bertz CT molecular complexity index is 496. The van der Waals surface area contributed by atoms with Crippen LogP contribution in [0.5, 0.6) is 5.75 Å². The van der Waals surface area contributed by atoms with E-state index < -0.39 is 0 Å². The molecule has 1 aromatic rings. The molecule has 2 amide bonds. The minimum atomic E-state index is -0.239. The van der Waals surface area contributed by atoms with E-state index >= 15 is 0 Å². The van der Waals surface area contributed by atoms with Crippen LogP contribution < -0.4 is 10.1 Å². The average Bonchev–Trinajstić information content (AvgIpc) is 2.54. The molecule has 0 spiro atoms. The minimum absolute atomic E-state index is 0.0743. The van der Waals surface area contributed by atoms with Crippen LogP contribution in [0.4, 0.5) is 0 Å². The Labute approximate surface area is 125 Å². The van der Waals surface area contributed by atoms with Gasteiger partial charge in [-0.05, 0) is 25.3 Å². The molecule has 1 aromatic carbocycles. The highest BCUT2D eigenvalue weighted by molar-refractivity contribution is 5.96. The summed E-state index contributed by atoms with van der Waals surface area (Å²) >= 11 is 0. The maximum Gasteiger partial charge on any atom is 0.232 e. The number of piperidine rings is 1. The molecule has 1 aliphatic heterocycles. The molecule has 1 saturated heterocycles. The Balaban J connectivity index is 1.80. The van der Waals surface area contributed by atoms with E-state index in [0.29, 0.717) is 6.54 Å². The van der Waals surface area contributed by atoms with Crippen LogP contribution in [-0.4, -0.2) is 36.9 Å². The van der Waals surface area contributed by atoms with E-state index in [-0.39, 0.29) is 18.2 Å². The number of rotatable bonds is 5. The zero-order valence-corrected chi connectivity index (χ0v) is 12.4. The quantitative estimate of drug-likeness (QED) is 0.840. The summed E-state index contributed by atoms with van der Waals surface area (Å²) < 4.78 is 5.23. The first-order valence-corrected chi connectivity index (χ1v) is 7.37. The van der Waals surface area contributed by atoms with Gasteiger partial charge in [0.05, 0.1) is 7.11 Å². The Hall–Kier alpha value is -2.04. The number of hydrogen-bond donors (Lipinski definition) is 1. The van der Waals surface area contributed by atoms with Gasteiger partial charge in [0.2, 0.25) is 11.8 Å². The van der Waals surface area contributed by atoms with Crippen molar-refractivity contribution in [3.8, 4) is 5.75 Å². The van der Waals surface area contributed by atoms with E-state index in [1.165, 1.54) is 6.42 Å². The van der Waals surface area contributed by atoms with Gasteiger partial charge in [-0.25, -0.2) is 0 Å². The number of nitrogens with one attached hydrogen (secondary N) is 1. The second-order valence-electron chi connectivity index (χ2n) is 5.21. The Kier molecular flexibility index (Phi) is 5.60. The molecule has 0 saturated carbocycles. The van der Waals surface area contributed by atoms with Crippen LogP contribution in [0.25, 0.3) is 0 Å². The standard InChI is InChI=1S/C16H22N2O3/c1-21-14-8-4-3-7-13(14)12-17-15(19)11-16(20)18-9-5-2-6-10-18/h3-4,7-8H,2,5-6,9-12H2,1H3,(H,17,19). The fraction of sp³-hybridized carbons (Fsp3) is 0.500. The summed E-state index contributed by atoms with van der Waals surface area (Å²) in [5.74, 6) is 0.420. The maximum absolute atomic E-state index is 12.0. The molecule has 0 aliphatic carbocycles. The molecule has 1 fully saturated rings. The van der Waals surface area contributed by atoms with E-state index in [0.717, 1.165) is 37.2 Å². The lowest BCUT2D eigenvalue weighted by Crippen LogP contribution is -2.38. The summed E-state index contributed by atoms with van der Waals surface area (Å²) in [5, 5.41) is 2.78. The first-order valence-electron chi connectivity index (χ1n) is 7.37. The third-order valence-electron chi connectivity index (χ3n) is 3.69. The molecule has 2 rings (SSSR count). The van der Waals surface area contributed by atoms with Gasteiger partial charge in [-0.15, -0.1) is 0 Å². The van der Waals surface area contributed by atoms with Gasteiger partial charge in [-0.1, -0.05) is 18.2 Å². The lowest BCUT2D eigenvalue weighted by molar-refractivity contribution is -0.136. The predicted molar refractivity (Wildman–Crippen MR) is 79.9 cm³/mol. The minimum Gasteiger partial charge on any atom is -0.496 e. The highest BCUT2D eigenvalue weighted by Crippen LogP contribution is 2.16. The van der Waals surface area contributed by atoms with Gasteiger partial charge in [0.1, 0.15) is 12.2 Å². The van der Waals surface area contributed by atoms with Gasteiger partial charge in [0, 0.05) is 25.2 Å². The number of nitrogens with zero attached hydrogens (tertiary/aromatic N) is 1. The smallest absolute Gasteiger partial charge is 0.232 e. The van der Waals surface area contributed by atoms with E-state index in [9.17, 15) is 9.59 Å². The molecule has 0 unspecified atom stereocenters. The summed E-state index contributed by atoms with van der Waals surface area (Å²) in [6, 6.07) is 7.51. The number of benzene rings is 1. The van der Waals surface area contributed by atoms with Crippen LogP contribution in [0.1, 0.15) is 31.2 Å². The Morgan fingerprint density at radius 1 is 1.19 bits per heavy atom. The van der Waals surface area contributed by atoms with Crippen molar-refractivity contribution in [2.45, 2.75) is 32.2 Å². The number of ether oxygens (including phenoxy) is 1. The number of carbonyl (C=O) groups excluding carboxylic acids is 2. The van der Waals surface area contributed by atoms with Crippen LogP contribution >= 0.6 is 0 Å². The van der Waals surface area contributed by atoms with Crippen LogP contribution in [-0.2, 0) is 16.1 Å². The molecule has 0 bridgehead atoms. The van der Waals surface area contributed by atoms with Crippen LogP contribution in [0, 0.1) is 0 Å². The average molecular weight is 290 g/mol. The maximum atomic E-state index is 12.0. The number of hydrogen-bond acceptors (Lipinski definition) is 3. The first-order chi connectivity index (χ1) is 10.2. The highest BCUT2D eigenvalue weighted by atomic mass is 16.5. The number of likely N-dealkylation sites (tertiary alicyclic amines) is 1. The fourth-order valence-corrected chi connectivity index (χ4v) is 2.50. The lowest BCUT2D eigenvalue weighted by atomic mass is 10.1. The van der Waals surface area contributed by atoms with E-state index in [1.54, 1.807) is 12.0 Å². The zero-order valence-electron chi connectivity index (χ0n) is 12.4. The van der Waals surface area contributed by atoms with Gasteiger partial charge in [-0.2, -0.15) is 0 Å².